The van der Waals surface area contributed by atoms with Crippen molar-refractivity contribution in [1.29, 1.82) is 0 Å². The van der Waals surface area contributed by atoms with E-state index in [4.69, 9.17) is 0 Å². The Bertz CT molecular complexity index is 354. The summed E-state index contributed by atoms with van der Waals surface area (Å²) in [4.78, 5) is 16.4. The number of fused-ring (bicyclic) bond motifs is 1. The predicted molar refractivity (Wildman–Crippen MR) is 84.3 cm³/mol. The third kappa shape index (κ3) is 3.76. The van der Waals surface area contributed by atoms with Crippen LogP contribution in [0.4, 0.5) is 0 Å². The van der Waals surface area contributed by atoms with Crippen LogP contribution in [-0.2, 0) is 4.79 Å². The fourth-order valence-corrected chi connectivity index (χ4v) is 4.28. The van der Waals surface area contributed by atoms with E-state index in [-0.39, 0.29) is 5.91 Å². The number of amides is 1. The number of hydrogen-bond acceptors (Lipinski definition) is 4. The quantitative estimate of drug-likeness (QED) is 0.789. The van der Waals surface area contributed by atoms with E-state index in [9.17, 15) is 4.79 Å². The zero-order valence-corrected chi connectivity index (χ0v) is 13.3. The Kier molecular flexibility index (Phi) is 5.14. The number of rotatable bonds is 4. The van der Waals surface area contributed by atoms with E-state index >= 15 is 0 Å². The van der Waals surface area contributed by atoms with Gasteiger partial charge in [0.25, 0.3) is 0 Å². The van der Waals surface area contributed by atoms with Crippen LogP contribution in [0.3, 0.4) is 0 Å². The van der Waals surface area contributed by atoms with Crippen molar-refractivity contribution >= 4 is 5.91 Å². The molecule has 3 aliphatic rings. The van der Waals surface area contributed by atoms with Crippen molar-refractivity contribution in [2.24, 2.45) is 0 Å². The van der Waals surface area contributed by atoms with Gasteiger partial charge in [0.1, 0.15) is 0 Å². The van der Waals surface area contributed by atoms with Crippen LogP contribution >= 0.6 is 0 Å². The first-order chi connectivity index (χ1) is 10.3. The third-order valence-corrected chi connectivity index (χ3v) is 5.54. The molecule has 0 bridgehead atoms. The maximum Gasteiger partial charge on any atom is 0.233 e. The van der Waals surface area contributed by atoms with Gasteiger partial charge >= 0.3 is 0 Å². The molecule has 0 aromatic carbocycles. The lowest BCUT2D eigenvalue weighted by molar-refractivity contribution is -0.122. The summed E-state index contributed by atoms with van der Waals surface area (Å²) < 4.78 is 0. The summed E-state index contributed by atoms with van der Waals surface area (Å²) >= 11 is 0. The van der Waals surface area contributed by atoms with Crippen molar-refractivity contribution < 1.29 is 4.79 Å². The first-order valence-electron chi connectivity index (χ1n) is 8.69. The van der Waals surface area contributed by atoms with E-state index in [2.05, 4.69) is 20.4 Å². The summed E-state index contributed by atoms with van der Waals surface area (Å²) in [6.07, 6.45) is 7.86. The molecular formula is C16H30N4O. The largest absolute Gasteiger partial charge is 0.358 e. The molecule has 0 aromatic rings. The van der Waals surface area contributed by atoms with Crippen LogP contribution in [-0.4, -0.2) is 73.6 Å². The van der Waals surface area contributed by atoms with Gasteiger partial charge in [-0.15, -0.1) is 0 Å². The van der Waals surface area contributed by atoms with Gasteiger partial charge in [-0.2, -0.15) is 0 Å². The van der Waals surface area contributed by atoms with E-state index in [1.165, 1.54) is 51.6 Å². The first-order valence-corrected chi connectivity index (χ1v) is 8.69. The van der Waals surface area contributed by atoms with Gasteiger partial charge in [0.2, 0.25) is 5.91 Å². The Morgan fingerprint density at radius 3 is 2.62 bits per heavy atom. The van der Waals surface area contributed by atoms with Crippen molar-refractivity contribution in [3.63, 3.8) is 0 Å². The smallest absolute Gasteiger partial charge is 0.233 e. The van der Waals surface area contributed by atoms with E-state index < -0.39 is 0 Å². The van der Waals surface area contributed by atoms with Crippen LogP contribution in [0.25, 0.3) is 0 Å². The number of nitrogens with one attached hydrogen (secondary N) is 2. The molecule has 3 saturated heterocycles. The van der Waals surface area contributed by atoms with Gasteiger partial charge in [0, 0.05) is 44.8 Å². The Labute approximate surface area is 128 Å². The minimum atomic E-state index is 0.134. The van der Waals surface area contributed by atoms with Gasteiger partial charge < -0.3 is 10.6 Å². The van der Waals surface area contributed by atoms with Crippen molar-refractivity contribution in [2.45, 2.75) is 56.7 Å². The number of carbonyl (C=O) groups is 1. The molecule has 0 radical (unpaired) electrons. The molecule has 3 rings (SSSR count). The van der Waals surface area contributed by atoms with Gasteiger partial charge in [-0.1, -0.05) is 6.42 Å². The molecule has 21 heavy (non-hydrogen) atoms. The topological polar surface area (TPSA) is 47.6 Å². The molecule has 3 fully saturated rings. The van der Waals surface area contributed by atoms with Gasteiger partial charge in [0.15, 0.2) is 0 Å². The maximum atomic E-state index is 11.4. The van der Waals surface area contributed by atoms with Crippen molar-refractivity contribution in [3.8, 4) is 0 Å². The SMILES string of the molecule is CNC(=O)CN1CCC(NC2CCN3CCCCC23)CC1. The van der Waals surface area contributed by atoms with Crippen LogP contribution < -0.4 is 10.6 Å². The highest BCUT2D eigenvalue weighted by Crippen LogP contribution is 2.28. The van der Waals surface area contributed by atoms with Gasteiger partial charge in [0.05, 0.1) is 6.54 Å². The average molecular weight is 294 g/mol. The van der Waals surface area contributed by atoms with Gasteiger partial charge in [-0.25, -0.2) is 0 Å². The minimum absolute atomic E-state index is 0.134. The zero-order valence-electron chi connectivity index (χ0n) is 13.3. The number of hydrogen-bond donors (Lipinski definition) is 2. The van der Waals surface area contributed by atoms with Crippen LogP contribution in [0, 0.1) is 0 Å². The molecule has 0 saturated carbocycles. The molecule has 5 nitrogen and oxygen atoms in total. The highest BCUT2D eigenvalue weighted by Gasteiger charge is 2.36. The van der Waals surface area contributed by atoms with Gasteiger partial charge in [-0.3, -0.25) is 14.6 Å². The maximum absolute atomic E-state index is 11.4. The number of likely N-dealkylation sites (tertiary alicyclic amines) is 1. The molecule has 0 aliphatic carbocycles. The molecule has 5 heteroatoms. The second-order valence-corrected chi connectivity index (χ2v) is 6.88. The van der Waals surface area contributed by atoms with Crippen molar-refractivity contribution in [1.82, 2.24) is 20.4 Å². The monoisotopic (exact) mass is 294 g/mol. The fraction of sp³-hybridized carbons (Fsp3) is 0.938. The molecule has 3 aliphatic heterocycles. The Hall–Kier alpha value is -0.650. The summed E-state index contributed by atoms with van der Waals surface area (Å²) in [5.41, 5.74) is 0. The molecule has 0 aromatic heterocycles. The van der Waals surface area contributed by atoms with Crippen LogP contribution in [0.5, 0.6) is 0 Å². The summed E-state index contributed by atoms with van der Waals surface area (Å²) in [5.74, 6) is 0.134. The molecule has 3 heterocycles. The van der Waals surface area contributed by atoms with E-state index in [0.29, 0.717) is 18.6 Å². The van der Waals surface area contributed by atoms with Crippen molar-refractivity contribution in [2.75, 3.05) is 39.8 Å². The minimum Gasteiger partial charge on any atom is -0.358 e. The number of likely N-dealkylation sites (N-methyl/N-ethyl adjacent to an activating group) is 1. The van der Waals surface area contributed by atoms with Gasteiger partial charge in [-0.05, 0) is 38.6 Å². The molecule has 120 valence electrons. The first kappa shape index (κ1) is 15.3. The number of carbonyl (C=O) groups excluding carboxylic acids is 1. The van der Waals surface area contributed by atoms with Crippen molar-refractivity contribution in [3.05, 3.63) is 0 Å². The normalized spacial score (nSPS) is 32.0. The molecule has 1 amide bonds. The lowest BCUT2D eigenvalue weighted by atomic mass is 9.96. The summed E-state index contributed by atoms with van der Waals surface area (Å²) in [5, 5.41) is 6.65. The average Bonchev–Trinajstić information content (AvgIpc) is 2.92. The molecule has 2 N–H and O–H groups in total. The molecule has 0 spiro atoms. The summed E-state index contributed by atoms with van der Waals surface area (Å²) in [6.45, 7) is 5.26. The molecule has 2 atom stereocenters. The van der Waals surface area contributed by atoms with E-state index in [1.54, 1.807) is 7.05 Å². The van der Waals surface area contributed by atoms with Crippen LogP contribution in [0.2, 0.25) is 0 Å². The lowest BCUT2D eigenvalue weighted by Gasteiger charge is -2.37. The lowest BCUT2D eigenvalue weighted by Crippen LogP contribution is -2.52. The van der Waals surface area contributed by atoms with E-state index in [0.717, 1.165) is 19.1 Å². The summed E-state index contributed by atoms with van der Waals surface area (Å²) in [7, 11) is 1.71. The van der Waals surface area contributed by atoms with Crippen LogP contribution in [0.15, 0.2) is 0 Å². The summed E-state index contributed by atoms with van der Waals surface area (Å²) in [6, 6.07) is 2.15. The van der Waals surface area contributed by atoms with E-state index in [1.807, 2.05) is 0 Å². The Morgan fingerprint density at radius 2 is 1.86 bits per heavy atom. The highest BCUT2D eigenvalue weighted by atomic mass is 16.1. The molecule has 2 unspecified atom stereocenters. The second-order valence-electron chi connectivity index (χ2n) is 6.88. The number of piperidine rings is 2. The third-order valence-electron chi connectivity index (χ3n) is 5.54. The highest BCUT2D eigenvalue weighted by molar-refractivity contribution is 5.77. The van der Waals surface area contributed by atoms with Crippen LogP contribution in [0.1, 0.15) is 38.5 Å². The fourth-order valence-electron chi connectivity index (χ4n) is 4.28. The Balaban J connectivity index is 1.42. The Morgan fingerprint density at radius 1 is 1.05 bits per heavy atom. The number of nitrogens with zero attached hydrogens (tertiary/aromatic N) is 2. The molecular weight excluding hydrogens is 264 g/mol. The standard InChI is InChI=1S/C16H30N4O/c1-17-16(21)12-19-9-5-13(6-10-19)18-14-7-11-20-8-3-2-4-15(14)20/h13-15,18H,2-12H2,1H3,(H,17,21). The second kappa shape index (κ2) is 7.07. The zero-order chi connectivity index (χ0) is 14.7. The predicted octanol–water partition coefficient (Wildman–Crippen LogP) is 0.413.